The molecule has 0 aliphatic carbocycles. The molecule has 2 rings (SSSR count). The van der Waals surface area contributed by atoms with Gasteiger partial charge in [-0.3, -0.25) is 0 Å². The zero-order valence-corrected chi connectivity index (χ0v) is 14.0. The van der Waals surface area contributed by atoms with Crippen LogP contribution >= 0.6 is 27.7 Å². The van der Waals surface area contributed by atoms with Crippen molar-refractivity contribution in [2.24, 2.45) is 10.7 Å². The van der Waals surface area contributed by atoms with Gasteiger partial charge in [-0.05, 0) is 35.0 Å². The highest BCUT2D eigenvalue weighted by Gasteiger charge is 2.13. The number of guanidine groups is 1. The predicted octanol–water partition coefficient (Wildman–Crippen LogP) is 2.58. The summed E-state index contributed by atoms with van der Waals surface area (Å²) in [7, 11) is 0. The molecule has 0 saturated carbocycles. The number of nitrogens with two attached hydrogens (primary N) is 1. The molecule has 0 spiro atoms. The molecule has 0 amide bonds. The van der Waals surface area contributed by atoms with Crippen LogP contribution < -0.4 is 10.5 Å². The predicted molar refractivity (Wildman–Crippen MR) is 89.6 cm³/mol. The molecule has 1 fully saturated rings. The largest absolute Gasteiger partial charge is 0.488 e. The van der Waals surface area contributed by atoms with E-state index in [-0.39, 0.29) is 6.10 Å². The molecule has 110 valence electrons. The number of hydrogen-bond acceptors (Lipinski definition) is 3. The van der Waals surface area contributed by atoms with Crippen LogP contribution in [-0.4, -0.2) is 48.1 Å². The molecule has 1 aliphatic heterocycles. The molecular weight excluding hydrogens is 338 g/mol. The van der Waals surface area contributed by atoms with Crippen molar-refractivity contribution in [1.29, 1.82) is 0 Å². The summed E-state index contributed by atoms with van der Waals surface area (Å²) in [5.74, 6) is 3.72. The smallest absolute Gasteiger partial charge is 0.191 e. The zero-order chi connectivity index (χ0) is 14.4. The average Bonchev–Trinajstić information content (AvgIpc) is 2.48. The summed E-state index contributed by atoms with van der Waals surface area (Å²) in [6.07, 6.45) is -0.00795. The van der Waals surface area contributed by atoms with Gasteiger partial charge in [0.1, 0.15) is 11.9 Å². The normalized spacial score (nSPS) is 17.9. The number of halogens is 1. The van der Waals surface area contributed by atoms with Gasteiger partial charge in [0.05, 0.1) is 11.0 Å². The Bertz CT molecular complexity index is 463. The first-order valence-electron chi connectivity index (χ1n) is 6.70. The maximum atomic E-state index is 6.02. The van der Waals surface area contributed by atoms with E-state index in [0.717, 1.165) is 34.8 Å². The molecule has 4 nitrogen and oxygen atoms in total. The highest BCUT2D eigenvalue weighted by molar-refractivity contribution is 9.10. The first-order valence-corrected chi connectivity index (χ1v) is 8.65. The first-order chi connectivity index (χ1) is 9.66. The summed E-state index contributed by atoms with van der Waals surface area (Å²) >= 11 is 5.43. The maximum Gasteiger partial charge on any atom is 0.191 e. The molecule has 6 heteroatoms. The quantitative estimate of drug-likeness (QED) is 0.664. The Balaban J connectivity index is 1.85. The van der Waals surface area contributed by atoms with E-state index in [1.807, 2.05) is 43.0 Å². The van der Waals surface area contributed by atoms with E-state index in [1.54, 1.807) is 0 Å². The van der Waals surface area contributed by atoms with E-state index in [2.05, 4.69) is 25.8 Å². The van der Waals surface area contributed by atoms with Crippen LogP contribution in [0.2, 0.25) is 0 Å². The van der Waals surface area contributed by atoms with Crippen molar-refractivity contribution in [3.8, 4) is 5.75 Å². The van der Waals surface area contributed by atoms with E-state index < -0.39 is 0 Å². The number of hydrogen-bond donors (Lipinski definition) is 1. The van der Waals surface area contributed by atoms with Gasteiger partial charge < -0.3 is 15.4 Å². The molecule has 1 atom stereocenters. The number of ether oxygens (including phenoxy) is 1. The lowest BCUT2D eigenvalue weighted by molar-refractivity contribution is 0.228. The first kappa shape index (κ1) is 15.5. The van der Waals surface area contributed by atoms with Gasteiger partial charge in [-0.25, -0.2) is 4.99 Å². The van der Waals surface area contributed by atoms with E-state index in [0.29, 0.717) is 12.5 Å². The van der Waals surface area contributed by atoms with Gasteiger partial charge in [-0.15, -0.1) is 0 Å². The standard InChI is InChI=1S/C14H20BrN3OS/c1-11(19-13-5-3-2-4-12(13)15)10-17-14(16)18-6-8-20-9-7-18/h2-5,11H,6-10H2,1H3,(H2,16,17). The van der Waals surface area contributed by atoms with Crippen molar-refractivity contribution >= 4 is 33.7 Å². The Morgan fingerprint density at radius 2 is 2.15 bits per heavy atom. The number of rotatable bonds is 4. The summed E-state index contributed by atoms with van der Waals surface area (Å²) in [6, 6.07) is 7.82. The molecule has 0 bridgehead atoms. The third kappa shape index (κ3) is 4.59. The minimum absolute atomic E-state index is 0.00795. The molecule has 1 saturated heterocycles. The van der Waals surface area contributed by atoms with Crippen LogP contribution in [0, 0.1) is 0 Å². The van der Waals surface area contributed by atoms with Crippen LogP contribution in [0.5, 0.6) is 5.75 Å². The Morgan fingerprint density at radius 3 is 2.85 bits per heavy atom. The fourth-order valence-corrected chi connectivity index (χ4v) is 3.19. The van der Waals surface area contributed by atoms with Gasteiger partial charge in [0.15, 0.2) is 5.96 Å². The van der Waals surface area contributed by atoms with E-state index in [9.17, 15) is 0 Å². The lowest BCUT2D eigenvalue weighted by Gasteiger charge is -2.27. The summed E-state index contributed by atoms with van der Waals surface area (Å²) in [6.45, 7) is 4.54. The molecule has 1 unspecified atom stereocenters. The minimum atomic E-state index is -0.00795. The second kappa shape index (κ2) is 7.78. The Hall–Kier alpha value is -0.880. The van der Waals surface area contributed by atoms with Crippen LogP contribution in [0.1, 0.15) is 6.92 Å². The summed E-state index contributed by atoms with van der Waals surface area (Å²) < 4.78 is 6.81. The van der Waals surface area contributed by atoms with Crippen LogP contribution in [0.15, 0.2) is 33.7 Å². The summed E-state index contributed by atoms with van der Waals surface area (Å²) in [5.41, 5.74) is 6.02. The maximum absolute atomic E-state index is 6.02. The molecule has 2 N–H and O–H groups in total. The molecule has 1 heterocycles. The van der Waals surface area contributed by atoms with Crippen molar-refractivity contribution in [3.63, 3.8) is 0 Å². The van der Waals surface area contributed by atoms with Gasteiger partial charge in [0.25, 0.3) is 0 Å². The van der Waals surface area contributed by atoms with Gasteiger partial charge in [0, 0.05) is 24.6 Å². The van der Waals surface area contributed by atoms with Gasteiger partial charge in [0.2, 0.25) is 0 Å². The molecule has 1 aromatic rings. The topological polar surface area (TPSA) is 50.8 Å². The summed E-state index contributed by atoms with van der Waals surface area (Å²) in [4.78, 5) is 6.58. The number of benzene rings is 1. The van der Waals surface area contributed by atoms with Gasteiger partial charge in [-0.1, -0.05) is 12.1 Å². The minimum Gasteiger partial charge on any atom is -0.488 e. The molecule has 0 radical (unpaired) electrons. The van der Waals surface area contributed by atoms with Crippen molar-refractivity contribution in [2.45, 2.75) is 13.0 Å². The van der Waals surface area contributed by atoms with Gasteiger partial charge in [-0.2, -0.15) is 11.8 Å². The highest BCUT2D eigenvalue weighted by Crippen LogP contribution is 2.24. The lowest BCUT2D eigenvalue weighted by atomic mass is 10.3. The van der Waals surface area contributed by atoms with Crippen molar-refractivity contribution in [2.75, 3.05) is 31.1 Å². The van der Waals surface area contributed by atoms with Crippen LogP contribution in [0.4, 0.5) is 0 Å². The Kier molecular flexibility index (Phi) is 6.04. The van der Waals surface area contributed by atoms with E-state index in [1.165, 1.54) is 0 Å². The van der Waals surface area contributed by atoms with E-state index >= 15 is 0 Å². The van der Waals surface area contributed by atoms with Gasteiger partial charge >= 0.3 is 0 Å². The lowest BCUT2D eigenvalue weighted by Crippen LogP contribution is -2.43. The van der Waals surface area contributed by atoms with Crippen LogP contribution in [-0.2, 0) is 0 Å². The molecule has 0 aromatic heterocycles. The monoisotopic (exact) mass is 357 g/mol. The second-order valence-corrected chi connectivity index (χ2v) is 6.74. The third-order valence-electron chi connectivity index (χ3n) is 3.01. The van der Waals surface area contributed by atoms with Crippen molar-refractivity contribution in [3.05, 3.63) is 28.7 Å². The highest BCUT2D eigenvalue weighted by atomic mass is 79.9. The van der Waals surface area contributed by atoms with E-state index in [4.69, 9.17) is 10.5 Å². The van der Waals surface area contributed by atoms with Crippen LogP contribution in [0.3, 0.4) is 0 Å². The number of thioether (sulfide) groups is 1. The SMILES string of the molecule is CC(CN=C(N)N1CCSCC1)Oc1ccccc1Br. The fourth-order valence-electron chi connectivity index (χ4n) is 1.91. The number of nitrogens with zero attached hydrogens (tertiary/aromatic N) is 2. The summed E-state index contributed by atoms with van der Waals surface area (Å²) in [5, 5.41) is 0. The van der Waals surface area contributed by atoms with Crippen molar-refractivity contribution in [1.82, 2.24) is 4.90 Å². The van der Waals surface area contributed by atoms with Crippen LogP contribution in [0.25, 0.3) is 0 Å². The fraction of sp³-hybridized carbons (Fsp3) is 0.500. The molecular formula is C14H20BrN3OS. The molecule has 1 aliphatic rings. The molecule has 1 aromatic carbocycles. The third-order valence-corrected chi connectivity index (χ3v) is 4.61. The van der Waals surface area contributed by atoms with Crippen molar-refractivity contribution < 1.29 is 4.74 Å². The number of aliphatic imine (C=N–C) groups is 1. The molecule has 20 heavy (non-hydrogen) atoms. The number of para-hydroxylation sites is 1. The Morgan fingerprint density at radius 1 is 1.45 bits per heavy atom. The average molecular weight is 358 g/mol. The second-order valence-electron chi connectivity index (χ2n) is 4.66. The Labute approximate surface area is 132 Å². The zero-order valence-electron chi connectivity index (χ0n) is 11.6.